The fourth-order valence-corrected chi connectivity index (χ4v) is 2.85. The Bertz CT molecular complexity index is 756. The number of nitrogens with one attached hydrogen (secondary N) is 1. The average molecular weight is 333 g/mol. The van der Waals surface area contributed by atoms with Crippen molar-refractivity contribution in [1.29, 1.82) is 0 Å². The van der Waals surface area contributed by atoms with Crippen molar-refractivity contribution >= 4 is 17.4 Å². The molecule has 7 heteroatoms. The predicted molar refractivity (Wildman–Crippen MR) is 91.1 cm³/mol. The van der Waals surface area contributed by atoms with E-state index in [1.54, 1.807) is 30.8 Å². The summed E-state index contributed by atoms with van der Waals surface area (Å²) in [5.74, 6) is 0. The van der Waals surface area contributed by atoms with E-state index >= 15 is 0 Å². The number of nitro groups is 1. The van der Waals surface area contributed by atoms with Crippen molar-refractivity contribution in [2.24, 2.45) is 0 Å². The number of benzene rings is 1. The first-order chi connectivity index (χ1) is 10.9. The molecule has 1 N–H and O–H groups in total. The number of rotatable bonds is 6. The van der Waals surface area contributed by atoms with Gasteiger partial charge in [0.25, 0.3) is 11.2 Å². The molecule has 1 aromatic heterocycles. The molecular weight excluding hydrogens is 314 g/mol. The van der Waals surface area contributed by atoms with Crippen molar-refractivity contribution in [3.63, 3.8) is 0 Å². The zero-order valence-electron chi connectivity index (χ0n) is 13.3. The van der Waals surface area contributed by atoms with Crippen LogP contribution in [0, 0.1) is 17.0 Å². The Morgan fingerprint density at radius 3 is 2.57 bits per heavy atom. The molecule has 2 aromatic rings. The molecule has 2 rings (SSSR count). The Hall–Kier alpha value is -2.15. The second-order valence-corrected chi connectivity index (χ2v) is 6.81. The van der Waals surface area contributed by atoms with E-state index in [2.05, 4.69) is 23.8 Å². The summed E-state index contributed by atoms with van der Waals surface area (Å²) in [4.78, 5) is 29.7. The highest BCUT2D eigenvalue weighted by molar-refractivity contribution is 7.99. The normalized spacial score (nSPS) is 12.1. The predicted octanol–water partition coefficient (Wildman–Crippen LogP) is 3.47. The number of non-ortho nitro benzene ring substituents is 1. The second kappa shape index (κ2) is 7.41. The van der Waals surface area contributed by atoms with E-state index in [1.165, 1.54) is 12.1 Å². The second-order valence-electron chi connectivity index (χ2n) is 5.38. The quantitative estimate of drug-likeness (QED) is 0.378. The van der Waals surface area contributed by atoms with Gasteiger partial charge in [-0.3, -0.25) is 14.9 Å². The fraction of sp³-hybridized carbons (Fsp3) is 0.375. The maximum Gasteiger partial charge on any atom is 0.269 e. The monoisotopic (exact) mass is 333 g/mol. The first-order valence-electron chi connectivity index (χ1n) is 7.40. The van der Waals surface area contributed by atoms with Crippen molar-refractivity contribution in [2.45, 2.75) is 44.0 Å². The van der Waals surface area contributed by atoms with Gasteiger partial charge < -0.3 is 4.98 Å². The Balaban J connectivity index is 2.27. The highest BCUT2D eigenvalue weighted by Crippen LogP contribution is 2.22. The summed E-state index contributed by atoms with van der Waals surface area (Å²) >= 11 is 1.54. The van der Waals surface area contributed by atoms with Crippen molar-refractivity contribution in [3.8, 4) is 0 Å². The van der Waals surface area contributed by atoms with Crippen LogP contribution in [0.4, 0.5) is 5.69 Å². The number of hydrogen-bond acceptors (Lipinski definition) is 5. The van der Waals surface area contributed by atoms with Crippen LogP contribution in [-0.2, 0) is 6.42 Å². The third-order valence-electron chi connectivity index (χ3n) is 3.64. The van der Waals surface area contributed by atoms with E-state index < -0.39 is 4.92 Å². The van der Waals surface area contributed by atoms with E-state index in [9.17, 15) is 14.9 Å². The molecule has 1 heterocycles. The van der Waals surface area contributed by atoms with Crippen molar-refractivity contribution < 1.29 is 4.92 Å². The lowest BCUT2D eigenvalue weighted by Crippen LogP contribution is -2.16. The summed E-state index contributed by atoms with van der Waals surface area (Å²) in [6.07, 6.45) is 1.46. The Morgan fingerprint density at radius 1 is 1.35 bits per heavy atom. The Labute approximate surface area is 138 Å². The molecule has 6 nitrogen and oxygen atoms in total. The molecule has 0 aliphatic rings. The number of aromatic amines is 1. The summed E-state index contributed by atoms with van der Waals surface area (Å²) in [5.41, 5.74) is 2.08. The maximum atomic E-state index is 12.1. The smallest absolute Gasteiger partial charge is 0.269 e. The van der Waals surface area contributed by atoms with Gasteiger partial charge in [0.1, 0.15) is 0 Å². The van der Waals surface area contributed by atoms with Gasteiger partial charge in [-0.1, -0.05) is 37.7 Å². The molecule has 0 unspecified atom stereocenters. The van der Waals surface area contributed by atoms with E-state index in [0.717, 1.165) is 12.0 Å². The summed E-state index contributed by atoms with van der Waals surface area (Å²) in [6, 6.07) is 6.32. The van der Waals surface area contributed by atoms with Crippen LogP contribution < -0.4 is 5.56 Å². The minimum absolute atomic E-state index is 0.0531. The maximum absolute atomic E-state index is 12.1. The molecule has 0 radical (unpaired) electrons. The molecule has 0 saturated carbocycles. The van der Waals surface area contributed by atoms with Gasteiger partial charge in [0, 0.05) is 29.4 Å². The molecule has 23 heavy (non-hydrogen) atoms. The molecule has 0 fully saturated rings. The van der Waals surface area contributed by atoms with Crippen LogP contribution in [0.1, 0.15) is 37.1 Å². The molecule has 0 spiro atoms. The SMILES string of the molecule is CC[C@H](C)Sc1nc(Cc2ccc([N+](=O)[O-])cc2)c(C)c(=O)[nH]1. The molecule has 122 valence electrons. The van der Waals surface area contributed by atoms with Crippen LogP contribution >= 0.6 is 11.8 Å². The number of thioether (sulfide) groups is 1. The number of H-pyrrole nitrogens is 1. The van der Waals surface area contributed by atoms with Gasteiger partial charge in [-0.15, -0.1) is 0 Å². The van der Waals surface area contributed by atoms with Gasteiger partial charge in [0.05, 0.1) is 10.6 Å². The highest BCUT2D eigenvalue weighted by atomic mass is 32.2. The molecule has 0 aliphatic heterocycles. The van der Waals surface area contributed by atoms with Crippen LogP contribution in [0.15, 0.2) is 34.2 Å². The van der Waals surface area contributed by atoms with Gasteiger partial charge in [0.2, 0.25) is 0 Å². The molecular formula is C16H19N3O3S. The summed E-state index contributed by atoms with van der Waals surface area (Å²) in [5, 5.41) is 11.7. The van der Waals surface area contributed by atoms with Gasteiger partial charge >= 0.3 is 0 Å². The molecule has 0 aliphatic carbocycles. The highest BCUT2D eigenvalue weighted by Gasteiger charge is 2.12. The van der Waals surface area contributed by atoms with Crippen LogP contribution in [0.5, 0.6) is 0 Å². The van der Waals surface area contributed by atoms with E-state index in [4.69, 9.17) is 0 Å². The lowest BCUT2D eigenvalue weighted by Gasteiger charge is -2.10. The molecule has 0 amide bonds. The van der Waals surface area contributed by atoms with Gasteiger partial charge in [-0.2, -0.15) is 0 Å². The third kappa shape index (κ3) is 4.41. The standard InChI is InChI=1S/C16H19N3O3S/c1-4-10(2)23-16-17-14(11(3)15(20)18-16)9-12-5-7-13(8-6-12)19(21)22/h5-8,10H,4,9H2,1-3H3,(H,17,18,20)/t10-/m0/s1. The number of nitro benzene ring substituents is 1. The molecule has 1 aromatic carbocycles. The van der Waals surface area contributed by atoms with Crippen molar-refractivity contribution in [2.75, 3.05) is 0 Å². The lowest BCUT2D eigenvalue weighted by molar-refractivity contribution is -0.384. The van der Waals surface area contributed by atoms with Crippen LogP contribution in [0.25, 0.3) is 0 Å². The Morgan fingerprint density at radius 2 is 2.00 bits per heavy atom. The van der Waals surface area contributed by atoms with E-state index in [1.807, 2.05) is 0 Å². The first-order valence-corrected chi connectivity index (χ1v) is 8.28. The third-order valence-corrected chi connectivity index (χ3v) is 4.79. The molecule has 0 bridgehead atoms. The van der Waals surface area contributed by atoms with Crippen LogP contribution in [-0.4, -0.2) is 20.1 Å². The summed E-state index contributed by atoms with van der Waals surface area (Å²) < 4.78 is 0. The largest absolute Gasteiger partial charge is 0.301 e. The zero-order chi connectivity index (χ0) is 17.0. The first kappa shape index (κ1) is 17.2. The molecule has 0 saturated heterocycles. The number of nitrogens with zero attached hydrogens (tertiary/aromatic N) is 2. The minimum Gasteiger partial charge on any atom is -0.301 e. The van der Waals surface area contributed by atoms with Crippen LogP contribution in [0.2, 0.25) is 0 Å². The minimum atomic E-state index is -0.429. The number of aromatic nitrogens is 2. The van der Waals surface area contributed by atoms with Crippen molar-refractivity contribution in [1.82, 2.24) is 9.97 Å². The van der Waals surface area contributed by atoms with E-state index in [0.29, 0.717) is 28.1 Å². The zero-order valence-corrected chi connectivity index (χ0v) is 14.1. The molecule has 1 atom stereocenters. The Kier molecular flexibility index (Phi) is 5.54. The van der Waals surface area contributed by atoms with Crippen LogP contribution in [0.3, 0.4) is 0 Å². The fourth-order valence-electron chi connectivity index (χ4n) is 1.99. The van der Waals surface area contributed by atoms with Gasteiger partial charge in [-0.05, 0) is 18.9 Å². The summed E-state index contributed by atoms with van der Waals surface area (Å²) in [6.45, 7) is 5.91. The average Bonchev–Trinajstić information content (AvgIpc) is 2.52. The topological polar surface area (TPSA) is 88.9 Å². The van der Waals surface area contributed by atoms with Gasteiger partial charge in [-0.25, -0.2) is 4.98 Å². The lowest BCUT2D eigenvalue weighted by atomic mass is 10.1. The van der Waals surface area contributed by atoms with E-state index in [-0.39, 0.29) is 11.2 Å². The van der Waals surface area contributed by atoms with Gasteiger partial charge in [0.15, 0.2) is 5.16 Å². The summed E-state index contributed by atoms with van der Waals surface area (Å²) in [7, 11) is 0. The number of hydrogen-bond donors (Lipinski definition) is 1. The van der Waals surface area contributed by atoms with Crippen molar-refractivity contribution in [3.05, 3.63) is 61.6 Å².